The van der Waals surface area contributed by atoms with Gasteiger partial charge in [-0.2, -0.15) is 0 Å². The van der Waals surface area contributed by atoms with Gasteiger partial charge in [0.25, 0.3) is 0 Å². The summed E-state index contributed by atoms with van der Waals surface area (Å²) in [6.45, 7) is 4.33. The van der Waals surface area contributed by atoms with Gasteiger partial charge in [0, 0.05) is 0 Å². The second-order valence-corrected chi connectivity index (χ2v) is 6.42. The third-order valence-corrected chi connectivity index (χ3v) is 4.92. The highest BCUT2D eigenvalue weighted by molar-refractivity contribution is 6.20. The number of hydrogen-bond acceptors (Lipinski definition) is 0. The molecule has 1 fully saturated rings. The summed E-state index contributed by atoms with van der Waals surface area (Å²) in [4.78, 5) is 0. The topological polar surface area (TPSA) is 0 Å². The van der Waals surface area contributed by atoms with Crippen LogP contribution in [0.3, 0.4) is 0 Å². The zero-order chi connectivity index (χ0) is 13.0. The van der Waals surface area contributed by atoms with E-state index in [1.165, 1.54) is 55.2 Å². The van der Waals surface area contributed by atoms with Crippen molar-refractivity contribution < 1.29 is 0 Å². The fourth-order valence-electron chi connectivity index (χ4n) is 2.98. The first-order valence-electron chi connectivity index (χ1n) is 7.38. The molecule has 0 saturated heterocycles. The van der Waals surface area contributed by atoms with Crippen molar-refractivity contribution >= 4 is 11.6 Å². The van der Waals surface area contributed by atoms with Crippen molar-refractivity contribution in [2.75, 3.05) is 0 Å². The molecule has 100 valence electrons. The highest BCUT2D eigenvalue weighted by Crippen LogP contribution is 2.33. The molecule has 0 heterocycles. The minimum Gasteiger partial charge on any atom is -0.118 e. The molecule has 1 aliphatic rings. The molecule has 0 radical (unpaired) electrons. The lowest BCUT2D eigenvalue weighted by Gasteiger charge is -2.22. The van der Waals surface area contributed by atoms with Crippen molar-refractivity contribution in [1.29, 1.82) is 0 Å². The van der Waals surface area contributed by atoms with Crippen LogP contribution in [0.1, 0.15) is 67.0 Å². The Bertz CT molecular complexity index is 377. The van der Waals surface area contributed by atoms with Gasteiger partial charge in [0.15, 0.2) is 0 Å². The summed E-state index contributed by atoms with van der Waals surface area (Å²) in [5.41, 5.74) is 4.02. The van der Waals surface area contributed by atoms with Gasteiger partial charge < -0.3 is 0 Å². The third kappa shape index (κ3) is 3.75. The van der Waals surface area contributed by atoms with Crippen molar-refractivity contribution in [2.24, 2.45) is 5.92 Å². The molecule has 0 aliphatic heterocycles. The van der Waals surface area contributed by atoms with Gasteiger partial charge >= 0.3 is 0 Å². The number of halogens is 1. The molecule has 0 amide bonds. The van der Waals surface area contributed by atoms with E-state index in [4.69, 9.17) is 11.6 Å². The van der Waals surface area contributed by atoms with E-state index in [2.05, 4.69) is 32.0 Å². The Hall–Kier alpha value is -0.490. The molecule has 1 aliphatic carbocycles. The minimum atomic E-state index is 0.200. The Morgan fingerprint density at radius 1 is 1.11 bits per heavy atom. The number of alkyl halides is 1. The van der Waals surface area contributed by atoms with Crippen molar-refractivity contribution in [2.45, 2.75) is 64.2 Å². The number of aryl methyl sites for hydroxylation is 2. The average Bonchev–Trinajstić information content (AvgIpc) is 2.40. The van der Waals surface area contributed by atoms with E-state index in [1.807, 2.05) is 0 Å². The van der Waals surface area contributed by atoms with Crippen LogP contribution in [0.5, 0.6) is 0 Å². The maximum Gasteiger partial charge on any atom is 0.0585 e. The van der Waals surface area contributed by atoms with Crippen LogP contribution in [0.2, 0.25) is 0 Å². The lowest BCUT2D eigenvalue weighted by molar-refractivity contribution is 0.331. The number of benzene rings is 1. The zero-order valence-electron chi connectivity index (χ0n) is 11.7. The molecular formula is C17H25Cl. The van der Waals surface area contributed by atoms with Gasteiger partial charge in [0.2, 0.25) is 0 Å². The van der Waals surface area contributed by atoms with Crippen molar-refractivity contribution in [3.05, 3.63) is 34.9 Å². The van der Waals surface area contributed by atoms with Crippen molar-refractivity contribution in [1.82, 2.24) is 0 Å². The van der Waals surface area contributed by atoms with E-state index < -0.39 is 0 Å². The molecule has 1 atom stereocenters. The number of rotatable bonds is 4. The fraction of sp³-hybridized carbons (Fsp3) is 0.647. The van der Waals surface area contributed by atoms with E-state index in [9.17, 15) is 0 Å². The zero-order valence-corrected chi connectivity index (χ0v) is 12.5. The second-order valence-electron chi connectivity index (χ2n) is 5.89. The Morgan fingerprint density at radius 2 is 1.83 bits per heavy atom. The van der Waals surface area contributed by atoms with Gasteiger partial charge in [-0.1, -0.05) is 50.3 Å². The predicted octanol–water partition coefficient (Wildman–Crippen LogP) is 5.94. The maximum absolute atomic E-state index is 6.55. The Morgan fingerprint density at radius 3 is 2.50 bits per heavy atom. The van der Waals surface area contributed by atoms with Gasteiger partial charge in [-0.3, -0.25) is 0 Å². The quantitative estimate of drug-likeness (QED) is 0.590. The van der Waals surface area contributed by atoms with E-state index in [0.717, 1.165) is 12.3 Å². The fourth-order valence-corrected chi connectivity index (χ4v) is 3.25. The van der Waals surface area contributed by atoms with Gasteiger partial charge in [-0.25, -0.2) is 0 Å². The predicted molar refractivity (Wildman–Crippen MR) is 80.3 cm³/mol. The Kier molecular flexibility index (Phi) is 5.12. The summed E-state index contributed by atoms with van der Waals surface area (Å²) in [6.07, 6.45) is 9.60. The molecule has 18 heavy (non-hydrogen) atoms. The molecule has 1 unspecified atom stereocenters. The molecule has 1 aromatic rings. The monoisotopic (exact) mass is 264 g/mol. The van der Waals surface area contributed by atoms with Gasteiger partial charge in [-0.15, -0.1) is 11.6 Å². The summed E-state index contributed by atoms with van der Waals surface area (Å²) in [5, 5.41) is 0.200. The van der Waals surface area contributed by atoms with Crippen LogP contribution in [0, 0.1) is 19.8 Å². The first-order valence-corrected chi connectivity index (χ1v) is 7.81. The van der Waals surface area contributed by atoms with Crippen LogP contribution in [0.25, 0.3) is 0 Å². The van der Waals surface area contributed by atoms with Crippen molar-refractivity contribution in [3.8, 4) is 0 Å². The maximum atomic E-state index is 6.55. The van der Waals surface area contributed by atoms with Crippen LogP contribution < -0.4 is 0 Å². The normalized spacial score (nSPS) is 18.8. The molecule has 2 rings (SSSR count). The van der Waals surface area contributed by atoms with Crippen molar-refractivity contribution in [3.63, 3.8) is 0 Å². The van der Waals surface area contributed by atoms with E-state index in [-0.39, 0.29) is 5.38 Å². The standard InChI is InChI=1S/C17H25Cl/c1-13-8-10-16(12-14(13)2)17(18)11-9-15-6-4-3-5-7-15/h8,10,12,15,17H,3-7,9,11H2,1-2H3. The lowest BCUT2D eigenvalue weighted by Crippen LogP contribution is -2.07. The largest absolute Gasteiger partial charge is 0.118 e. The summed E-state index contributed by atoms with van der Waals surface area (Å²) < 4.78 is 0. The SMILES string of the molecule is Cc1ccc(C(Cl)CCC2CCCCC2)cc1C. The van der Waals surface area contributed by atoms with Crippen LogP contribution in [-0.4, -0.2) is 0 Å². The van der Waals surface area contributed by atoms with E-state index >= 15 is 0 Å². The Labute approximate surface area is 117 Å². The summed E-state index contributed by atoms with van der Waals surface area (Å²) in [6, 6.07) is 6.65. The molecule has 0 bridgehead atoms. The highest BCUT2D eigenvalue weighted by Gasteiger charge is 2.16. The molecular weight excluding hydrogens is 240 g/mol. The minimum absolute atomic E-state index is 0.200. The highest BCUT2D eigenvalue weighted by atomic mass is 35.5. The Balaban J connectivity index is 1.86. The molecule has 0 aromatic heterocycles. The molecule has 1 saturated carbocycles. The molecule has 0 spiro atoms. The first-order chi connectivity index (χ1) is 8.66. The summed E-state index contributed by atoms with van der Waals surface area (Å²) in [7, 11) is 0. The molecule has 0 N–H and O–H groups in total. The third-order valence-electron chi connectivity index (χ3n) is 4.45. The van der Waals surface area contributed by atoms with Crippen LogP contribution in [0.4, 0.5) is 0 Å². The molecule has 1 heteroatoms. The second kappa shape index (κ2) is 6.61. The van der Waals surface area contributed by atoms with Gasteiger partial charge in [0.05, 0.1) is 5.38 Å². The van der Waals surface area contributed by atoms with Gasteiger partial charge in [-0.05, 0) is 49.3 Å². The summed E-state index contributed by atoms with van der Waals surface area (Å²) in [5.74, 6) is 0.937. The van der Waals surface area contributed by atoms with Crippen LogP contribution in [-0.2, 0) is 0 Å². The lowest BCUT2D eigenvalue weighted by atomic mass is 9.85. The van der Waals surface area contributed by atoms with E-state index in [0.29, 0.717) is 0 Å². The van der Waals surface area contributed by atoms with E-state index in [1.54, 1.807) is 0 Å². The van der Waals surface area contributed by atoms with Crippen LogP contribution in [0.15, 0.2) is 18.2 Å². The summed E-state index contributed by atoms with van der Waals surface area (Å²) >= 11 is 6.55. The smallest absolute Gasteiger partial charge is 0.0585 e. The molecule has 0 nitrogen and oxygen atoms in total. The number of hydrogen-bond donors (Lipinski definition) is 0. The average molecular weight is 265 g/mol. The first kappa shape index (κ1) is 13.9. The van der Waals surface area contributed by atoms with Gasteiger partial charge in [0.1, 0.15) is 0 Å². The molecule has 1 aromatic carbocycles. The van der Waals surface area contributed by atoms with Crippen LogP contribution >= 0.6 is 11.6 Å².